The van der Waals surface area contributed by atoms with Crippen LogP contribution in [0.1, 0.15) is 15.4 Å². The Morgan fingerprint density at radius 1 is 1.54 bits per heavy atom. The molecular weight excluding hydrogens is 186 g/mol. The van der Waals surface area contributed by atoms with Gasteiger partial charge in [0.2, 0.25) is 5.01 Å². The molecule has 0 atom stereocenters. The van der Waals surface area contributed by atoms with E-state index in [2.05, 4.69) is 4.98 Å². The fraction of sp³-hybridized carbons (Fsp3) is 0.111. The van der Waals surface area contributed by atoms with Gasteiger partial charge in [-0.15, -0.1) is 11.3 Å². The van der Waals surface area contributed by atoms with Gasteiger partial charge in [0.1, 0.15) is 0 Å². The predicted octanol–water partition coefficient (Wildman–Crippen LogP) is 2.30. The molecule has 1 N–H and O–H groups in total. The summed E-state index contributed by atoms with van der Waals surface area (Å²) in [6.07, 6.45) is 0. The molecule has 0 radical (unpaired) electrons. The molecule has 1 aromatic carbocycles. The van der Waals surface area contributed by atoms with E-state index in [9.17, 15) is 4.79 Å². The van der Waals surface area contributed by atoms with Gasteiger partial charge in [-0.05, 0) is 18.6 Å². The van der Waals surface area contributed by atoms with Crippen molar-refractivity contribution >= 4 is 27.5 Å². The number of aryl methyl sites for hydroxylation is 1. The normalized spacial score (nSPS) is 10.5. The van der Waals surface area contributed by atoms with Gasteiger partial charge in [0.25, 0.3) is 0 Å². The third kappa shape index (κ3) is 1.29. The Labute approximate surface area is 78.7 Å². The summed E-state index contributed by atoms with van der Waals surface area (Å²) < 4.78 is 0.958. The summed E-state index contributed by atoms with van der Waals surface area (Å²) in [6.45, 7) is 1.95. The highest BCUT2D eigenvalue weighted by Crippen LogP contribution is 2.24. The molecule has 0 saturated carbocycles. The molecule has 0 spiro atoms. The maximum atomic E-state index is 10.6. The third-order valence-electron chi connectivity index (χ3n) is 1.79. The number of rotatable bonds is 1. The van der Waals surface area contributed by atoms with Crippen LogP contribution in [-0.4, -0.2) is 16.1 Å². The zero-order valence-corrected chi connectivity index (χ0v) is 7.76. The minimum Gasteiger partial charge on any atom is -0.476 e. The molecule has 1 aromatic heterocycles. The van der Waals surface area contributed by atoms with E-state index in [1.807, 2.05) is 25.1 Å². The van der Waals surface area contributed by atoms with Crippen LogP contribution in [0.25, 0.3) is 10.2 Å². The van der Waals surface area contributed by atoms with E-state index in [1.165, 1.54) is 11.3 Å². The summed E-state index contributed by atoms with van der Waals surface area (Å²) in [6, 6.07) is 5.65. The van der Waals surface area contributed by atoms with Crippen LogP contribution in [0.2, 0.25) is 0 Å². The Morgan fingerprint density at radius 3 is 2.92 bits per heavy atom. The van der Waals surface area contributed by atoms with E-state index >= 15 is 0 Å². The van der Waals surface area contributed by atoms with Crippen LogP contribution < -0.4 is 0 Å². The first kappa shape index (κ1) is 8.19. The van der Waals surface area contributed by atoms with Crippen LogP contribution in [0, 0.1) is 6.92 Å². The molecule has 0 unspecified atom stereocenters. The first-order chi connectivity index (χ1) is 6.18. The second-order valence-electron chi connectivity index (χ2n) is 2.75. The molecule has 0 aliphatic heterocycles. The molecule has 0 aliphatic rings. The number of fused-ring (bicyclic) bond motifs is 1. The molecule has 0 saturated heterocycles. The van der Waals surface area contributed by atoms with Gasteiger partial charge in [-0.1, -0.05) is 12.1 Å². The van der Waals surface area contributed by atoms with Gasteiger partial charge in [0, 0.05) is 0 Å². The standard InChI is InChI=1S/C9H7NO2S/c1-5-3-2-4-6-7(5)13-8(10-6)9(11)12/h2-4H,1H3,(H,11,12). The molecule has 2 aromatic rings. The quantitative estimate of drug-likeness (QED) is 0.756. The number of aromatic carboxylic acids is 1. The number of benzene rings is 1. The van der Waals surface area contributed by atoms with Gasteiger partial charge in [0.15, 0.2) is 0 Å². The first-order valence-electron chi connectivity index (χ1n) is 3.78. The highest BCUT2D eigenvalue weighted by Gasteiger charge is 2.10. The monoisotopic (exact) mass is 193 g/mol. The van der Waals surface area contributed by atoms with Crippen molar-refractivity contribution in [1.29, 1.82) is 0 Å². The van der Waals surface area contributed by atoms with E-state index in [0.717, 1.165) is 15.8 Å². The third-order valence-corrected chi connectivity index (χ3v) is 2.99. The smallest absolute Gasteiger partial charge is 0.365 e. The first-order valence-corrected chi connectivity index (χ1v) is 4.59. The second kappa shape index (κ2) is 2.81. The second-order valence-corrected chi connectivity index (χ2v) is 3.75. The van der Waals surface area contributed by atoms with Gasteiger partial charge in [-0.2, -0.15) is 0 Å². The lowest BCUT2D eigenvalue weighted by molar-refractivity contribution is 0.0696. The minimum absolute atomic E-state index is 0.157. The van der Waals surface area contributed by atoms with Gasteiger partial charge in [-0.3, -0.25) is 0 Å². The van der Waals surface area contributed by atoms with Crippen molar-refractivity contribution in [1.82, 2.24) is 4.98 Å². The zero-order chi connectivity index (χ0) is 9.42. The predicted molar refractivity (Wildman–Crippen MR) is 51.3 cm³/mol. The Kier molecular flexibility index (Phi) is 1.77. The van der Waals surface area contributed by atoms with Gasteiger partial charge >= 0.3 is 5.97 Å². The largest absolute Gasteiger partial charge is 0.476 e. The highest BCUT2D eigenvalue weighted by atomic mass is 32.1. The molecule has 0 fully saturated rings. The van der Waals surface area contributed by atoms with Crippen molar-refractivity contribution in [2.24, 2.45) is 0 Å². The summed E-state index contributed by atoms with van der Waals surface area (Å²) in [5.41, 5.74) is 1.84. The molecule has 13 heavy (non-hydrogen) atoms. The minimum atomic E-state index is -0.958. The van der Waals surface area contributed by atoms with Crippen LogP contribution >= 0.6 is 11.3 Å². The van der Waals surface area contributed by atoms with Gasteiger partial charge in [0.05, 0.1) is 10.2 Å². The van der Waals surface area contributed by atoms with E-state index in [4.69, 9.17) is 5.11 Å². The molecule has 0 amide bonds. The van der Waals surface area contributed by atoms with Crippen molar-refractivity contribution in [2.45, 2.75) is 6.92 Å². The van der Waals surface area contributed by atoms with E-state index < -0.39 is 5.97 Å². The Hall–Kier alpha value is -1.42. The number of thiazole rings is 1. The molecule has 0 aliphatic carbocycles. The van der Waals surface area contributed by atoms with Crippen molar-refractivity contribution in [3.8, 4) is 0 Å². The average molecular weight is 193 g/mol. The number of nitrogens with zero attached hydrogens (tertiary/aromatic N) is 1. The van der Waals surface area contributed by atoms with Gasteiger partial charge < -0.3 is 5.11 Å². The van der Waals surface area contributed by atoms with Crippen LogP contribution in [0.15, 0.2) is 18.2 Å². The molecule has 66 valence electrons. The average Bonchev–Trinajstić information content (AvgIpc) is 2.49. The molecule has 4 heteroatoms. The highest BCUT2D eigenvalue weighted by molar-refractivity contribution is 7.20. The Bertz CT molecular complexity index is 475. The number of hydrogen-bond donors (Lipinski definition) is 1. The summed E-state index contributed by atoms with van der Waals surface area (Å²) in [5, 5.41) is 8.88. The lowest BCUT2D eigenvalue weighted by Crippen LogP contribution is -1.93. The fourth-order valence-electron chi connectivity index (χ4n) is 1.18. The van der Waals surface area contributed by atoms with Crippen molar-refractivity contribution in [2.75, 3.05) is 0 Å². The van der Waals surface area contributed by atoms with Crippen LogP contribution in [0.4, 0.5) is 0 Å². The SMILES string of the molecule is Cc1cccc2nc(C(=O)O)sc12. The van der Waals surface area contributed by atoms with E-state index in [1.54, 1.807) is 0 Å². The Balaban J connectivity index is 2.75. The number of carboxylic acids is 1. The maximum absolute atomic E-state index is 10.6. The topological polar surface area (TPSA) is 50.2 Å². The molecule has 3 nitrogen and oxygen atoms in total. The van der Waals surface area contributed by atoms with Gasteiger partial charge in [-0.25, -0.2) is 9.78 Å². The number of carbonyl (C=O) groups is 1. The van der Waals surface area contributed by atoms with E-state index in [-0.39, 0.29) is 5.01 Å². The molecule has 0 bridgehead atoms. The maximum Gasteiger partial charge on any atom is 0.365 e. The van der Waals surface area contributed by atoms with Crippen LogP contribution in [0.3, 0.4) is 0 Å². The van der Waals surface area contributed by atoms with Crippen LogP contribution in [0.5, 0.6) is 0 Å². The summed E-state index contributed by atoms with van der Waals surface area (Å²) >= 11 is 1.22. The summed E-state index contributed by atoms with van der Waals surface area (Å²) in [5.74, 6) is -0.958. The number of aromatic nitrogens is 1. The lowest BCUT2D eigenvalue weighted by atomic mass is 10.2. The fourth-order valence-corrected chi connectivity index (χ4v) is 2.05. The number of hydrogen-bond acceptors (Lipinski definition) is 3. The number of carboxylic acid groups (broad SMARTS) is 1. The molecule has 2 rings (SSSR count). The lowest BCUT2D eigenvalue weighted by Gasteiger charge is -1.90. The van der Waals surface area contributed by atoms with Crippen molar-refractivity contribution in [3.05, 3.63) is 28.8 Å². The van der Waals surface area contributed by atoms with Crippen molar-refractivity contribution in [3.63, 3.8) is 0 Å². The van der Waals surface area contributed by atoms with Crippen LogP contribution in [-0.2, 0) is 0 Å². The summed E-state index contributed by atoms with van der Waals surface area (Å²) in [7, 11) is 0. The molecular formula is C9H7NO2S. The summed E-state index contributed by atoms with van der Waals surface area (Å²) in [4.78, 5) is 14.6. The van der Waals surface area contributed by atoms with Crippen molar-refractivity contribution < 1.29 is 9.90 Å². The zero-order valence-electron chi connectivity index (χ0n) is 6.94. The molecule has 1 heterocycles. The Morgan fingerprint density at radius 2 is 2.31 bits per heavy atom. The van der Waals surface area contributed by atoms with E-state index in [0.29, 0.717) is 0 Å².